The summed E-state index contributed by atoms with van der Waals surface area (Å²) in [5.41, 5.74) is 7.31. The summed E-state index contributed by atoms with van der Waals surface area (Å²) in [5.74, 6) is 0.838. The van der Waals surface area contributed by atoms with Gasteiger partial charge < -0.3 is 5.32 Å². The molecule has 1 aromatic carbocycles. The number of rotatable bonds is 9. The minimum atomic E-state index is 0.430. The van der Waals surface area contributed by atoms with E-state index in [9.17, 15) is 0 Å². The van der Waals surface area contributed by atoms with Crippen LogP contribution < -0.4 is 5.32 Å². The van der Waals surface area contributed by atoms with Crippen LogP contribution in [0.2, 0.25) is 0 Å². The van der Waals surface area contributed by atoms with E-state index in [1.807, 2.05) is 47.0 Å². The van der Waals surface area contributed by atoms with E-state index in [2.05, 4.69) is 69.2 Å². The Kier molecular flexibility index (Phi) is 13.9. The zero-order valence-electron chi connectivity index (χ0n) is 27.6. The number of likely N-dealkylation sites (tertiary alicyclic amines) is 1. The number of hydrogen-bond acceptors (Lipinski definition) is 5. The highest BCUT2D eigenvalue weighted by Crippen LogP contribution is 2.35. The number of allylic oxidation sites excluding steroid dienone is 2. The van der Waals surface area contributed by atoms with Crippen LogP contribution >= 0.6 is 0 Å². The average Bonchev–Trinajstić information content (AvgIpc) is 3.44. The van der Waals surface area contributed by atoms with Crippen molar-refractivity contribution in [2.45, 2.75) is 99.1 Å². The molecular formula is C37H54N6. The number of aromatic nitrogens is 3. The maximum Gasteiger partial charge on any atom is 0.116 e. The van der Waals surface area contributed by atoms with Gasteiger partial charge in [-0.2, -0.15) is 5.10 Å². The van der Waals surface area contributed by atoms with Crippen molar-refractivity contribution in [3.63, 3.8) is 0 Å². The summed E-state index contributed by atoms with van der Waals surface area (Å²) in [4.78, 5) is 11.4. The van der Waals surface area contributed by atoms with Crippen molar-refractivity contribution in [3.8, 4) is 11.1 Å². The van der Waals surface area contributed by atoms with Gasteiger partial charge in [-0.25, -0.2) is 0 Å². The Balaban J connectivity index is 0.00000121. The van der Waals surface area contributed by atoms with Crippen molar-refractivity contribution in [1.82, 2.24) is 25.0 Å². The van der Waals surface area contributed by atoms with Gasteiger partial charge in [-0.05, 0) is 80.9 Å². The van der Waals surface area contributed by atoms with Gasteiger partial charge in [0, 0.05) is 48.0 Å². The molecule has 1 aliphatic heterocycles. The molecule has 0 amide bonds. The van der Waals surface area contributed by atoms with Gasteiger partial charge in [0.05, 0.1) is 17.3 Å². The third kappa shape index (κ3) is 9.24. The Bertz CT molecular complexity index is 1370. The minimum Gasteiger partial charge on any atom is -0.357 e. The van der Waals surface area contributed by atoms with Crippen LogP contribution in [0.1, 0.15) is 104 Å². The lowest BCUT2D eigenvalue weighted by Gasteiger charge is -2.30. The molecule has 1 N–H and O–H groups in total. The molecule has 3 heterocycles. The van der Waals surface area contributed by atoms with Crippen LogP contribution in [0.3, 0.4) is 0 Å². The number of nitrogens with zero attached hydrogens (tertiary/aromatic N) is 5. The highest BCUT2D eigenvalue weighted by Gasteiger charge is 2.22. The lowest BCUT2D eigenvalue weighted by molar-refractivity contribution is 0.185. The second-order valence-electron chi connectivity index (χ2n) is 11.3. The summed E-state index contributed by atoms with van der Waals surface area (Å²) in [6.45, 7) is 23.7. The molecule has 0 unspecified atom stereocenters. The molecule has 1 saturated heterocycles. The molecule has 1 saturated carbocycles. The van der Waals surface area contributed by atoms with Crippen molar-refractivity contribution in [1.29, 1.82) is 0 Å². The molecule has 2 aromatic heterocycles. The first-order valence-corrected chi connectivity index (χ1v) is 16.5. The van der Waals surface area contributed by atoms with Crippen molar-refractivity contribution in [3.05, 3.63) is 79.0 Å². The van der Waals surface area contributed by atoms with Crippen LogP contribution in [0.5, 0.6) is 0 Å². The second-order valence-corrected chi connectivity index (χ2v) is 11.3. The molecule has 0 spiro atoms. The molecule has 1 aliphatic carbocycles. The van der Waals surface area contributed by atoms with Gasteiger partial charge in [-0.3, -0.25) is 19.6 Å². The Morgan fingerprint density at radius 2 is 1.72 bits per heavy atom. The van der Waals surface area contributed by atoms with E-state index in [1.165, 1.54) is 69.1 Å². The number of nitrogens with one attached hydrogen (secondary N) is 1. The number of benzene rings is 1. The minimum absolute atomic E-state index is 0.430. The predicted molar refractivity (Wildman–Crippen MR) is 186 cm³/mol. The van der Waals surface area contributed by atoms with Crippen LogP contribution in [0.15, 0.2) is 72.8 Å². The van der Waals surface area contributed by atoms with Crippen LogP contribution in [0.25, 0.3) is 27.7 Å². The molecule has 0 bridgehead atoms. The van der Waals surface area contributed by atoms with E-state index < -0.39 is 0 Å². The van der Waals surface area contributed by atoms with Crippen LogP contribution in [-0.2, 0) is 6.54 Å². The molecule has 6 nitrogen and oxygen atoms in total. The fraction of sp³-hybridized carbons (Fsp3) is 0.486. The highest BCUT2D eigenvalue weighted by atomic mass is 15.3. The van der Waals surface area contributed by atoms with Crippen LogP contribution in [0.4, 0.5) is 0 Å². The van der Waals surface area contributed by atoms with Crippen LogP contribution in [-0.4, -0.2) is 39.0 Å². The topological polar surface area (TPSA) is 58.3 Å². The van der Waals surface area contributed by atoms with Gasteiger partial charge in [0.2, 0.25) is 0 Å². The smallest absolute Gasteiger partial charge is 0.116 e. The maximum absolute atomic E-state index is 5.15. The first-order valence-electron chi connectivity index (χ1n) is 16.5. The van der Waals surface area contributed by atoms with Gasteiger partial charge in [0.25, 0.3) is 0 Å². The van der Waals surface area contributed by atoms with E-state index in [0.717, 1.165) is 46.1 Å². The zero-order chi connectivity index (χ0) is 31.2. The van der Waals surface area contributed by atoms with E-state index in [4.69, 9.17) is 5.10 Å². The van der Waals surface area contributed by atoms with Gasteiger partial charge in [0.1, 0.15) is 5.69 Å². The molecular weight excluding hydrogens is 528 g/mol. The molecule has 232 valence electrons. The highest BCUT2D eigenvalue weighted by molar-refractivity contribution is 5.93. The first-order chi connectivity index (χ1) is 21.0. The maximum atomic E-state index is 5.15. The SMILES string of the molecule is C=CC=N/C=C(\C)NC(=C)c1nn(C2CCCCC2)c2ccc(-c3cncc(CN4CCC(C)CC4)c3)cc12.CC.CC. The van der Waals surface area contributed by atoms with Crippen molar-refractivity contribution in [2.24, 2.45) is 10.9 Å². The Labute approximate surface area is 260 Å². The predicted octanol–water partition coefficient (Wildman–Crippen LogP) is 9.57. The van der Waals surface area contributed by atoms with Gasteiger partial charge in [-0.15, -0.1) is 0 Å². The molecule has 0 radical (unpaired) electrons. The van der Waals surface area contributed by atoms with Crippen molar-refractivity contribution >= 4 is 22.8 Å². The molecule has 3 aromatic rings. The van der Waals surface area contributed by atoms with Crippen LogP contribution in [0, 0.1) is 5.92 Å². The third-order valence-corrected chi connectivity index (χ3v) is 8.13. The van der Waals surface area contributed by atoms with Gasteiger partial charge >= 0.3 is 0 Å². The third-order valence-electron chi connectivity index (χ3n) is 8.13. The van der Waals surface area contributed by atoms with E-state index in [1.54, 1.807) is 18.5 Å². The Morgan fingerprint density at radius 1 is 1.00 bits per heavy atom. The molecule has 6 heteroatoms. The second kappa shape index (κ2) is 17.6. The van der Waals surface area contributed by atoms with E-state index in [-0.39, 0.29) is 0 Å². The summed E-state index contributed by atoms with van der Waals surface area (Å²) in [6, 6.07) is 9.46. The summed E-state index contributed by atoms with van der Waals surface area (Å²) >= 11 is 0. The molecule has 0 atom stereocenters. The summed E-state index contributed by atoms with van der Waals surface area (Å²) in [6.07, 6.45) is 17.9. The van der Waals surface area contributed by atoms with Gasteiger partial charge in [0.15, 0.2) is 0 Å². The fourth-order valence-corrected chi connectivity index (χ4v) is 5.90. The molecule has 2 fully saturated rings. The normalized spacial score (nSPS) is 16.7. The standard InChI is InChI=1S/C33H42N6.2C2H6/c1-5-15-34-20-25(3)36-26(4)33-31-19-28(11-12-32(31)39(37-33)30-9-7-6-8-10-30)29-18-27(21-35-22-29)23-38-16-13-24(2)14-17-38;2*1-2/h5,11-12,15,18-22,24,30,36H,1,4,6-10,13-14,16-17,23H2,2-3H3;2*1-2H3/b25-20+,34-15?;;. The van der Waals surface area contributed by atoms with E-state index >= 15 is 0 Å². The quantitative estimate of drug-likeness (QED) is 0.255. The largest absolute Gasteiger partial charge is 0.357 e. The number of aliphatic imine (C=N–C) groups is 1. The van der Waals surface area contributed by atoms with Crippen molar-refractivity contribution in [2.75, 3.05) is 13.1 Å². The zero-order valence-corrected chi connectivity index (χ0v) is 27.6. The first kappa shape index (κ1) is 34.0. The number of pyridine rings is 1. The number of piperidine rings is 1. The van der Waals surface area contributed by atoms with Gasteiger partial charge in [-0.1, -0.05) is 79.2 Å². The van der Waals surface area contributed by atoms with E-state index in [0.29, 0.717) is 6.04 Å². The monoisotopic (exact) mass is 582 g/mol. The number of hydrogen-bond donors (Lipinski definition) is 1. The summed E-state index contributed by atoms with van der Waals surface area (Å²) in [7, 11) is 0. The average molecular weight is 583 g/mol. The fourth-order valence-electron chi connectivity index (χ4n) is 5.90. The summed E-state index contributed by atoms with van der Waals surface area (Å²) in [5, 5.41) is 9.67. The Morgan fingerprint density at radius 3 is 2.42 bits per heavy atom. The lowest BCUT2D eigenvalue weighted by Crippen LogP contribution is -2.32. The molecule has 43 heavy (non-hydrogen) atoms. The molecule has 5 rings (SSSR count). The lowest BCUT2D eigenvalue weighted by atomic mass is 9.95. The molecule has 2 aliphatic rings. The van der Waals surface area contributed by atoms with Crippen molar-refractivity contribution < 1.29 is 0 Å². The summed E-state index contributed by atoms with van der Waals surface area (Å²) < 4.78 is 2.25. The Hall–Kier alpha value is -3.51. The number of fused-ring (bicyclic) bond motifs is 1.